The molecule has 0 spiro atoms. The van der Waals surface area contributed by atoms with E-state index in [4.69, 9.17) is 11.6 Å². The largest absolute Gasteiger partial charge is 0.417 e. The molecule has 4 rings (SSSR count). The van der Waals surface area contributed by atoms with Crippen molar-refractivity contribution in [2.45, 2.75) is 19.1 Å². The highest BCUT2D eigenvalue weighted by Gasteiger charge is 2.32. The molecule has 1 N–H and O–H groups in total. The Hall–Kier alpha value is -3.34. The van der Waals surface area contributed by atoms with Crippen molar-refractivity contribution in [1.29, 1.82) is 0 Å². The standard InChI is InChI=1S/C21H19ClF3N5O3/c22-15-11-13(21(23,24)25)12-26-18(15)29-9-7-28(8-10-29)17(31)5-6-30-16-4-2-1-3-14(16)19(32)27-20(30)33/h1-4,11-12H,5-10H2,(H,27,32,33). The quantitative estimate of drug-likeness (QED) is 0.618. The molecule has 0 saturated carbocycles. The van der Waals surface area contributed by atoms with E-state index in [0.29, 0.717) is 37.1 Å². The van der Waals surface area contributed by atoms with E-state index in [9.17, 15) is 27.6 Å². The van der Waals surface area contributed by atoms with E-state index >= 15 is 0 Å². The number of rotatable bonds is 4. The predicted molar refractivity (Wildman–Crippen MR) is 116 cm³/mol. The summed E-state index contributed by atoms with van der Waals surface area (Å²) >= 11 is 6.02. The number of aromatic nitrogens is 3. The molecule has 0 bridgehead atoms. The Kier molecular flexibility index (Phi) is 6.15. The summed E-state index contributed by atoms with van der Waals surface area (Å²) in [4.78, 5) is 46.4. The van der Waals surface area contributed by atoms with Crippen LogP contribution in [0.15, 0.2) is 46.1 Å². The Morgan fingerprint density at radius 1 is 1.12 bits per heavy atom. The number of benzene rings is 1. The molecule has 0 atom stereocenters. The fourth-order valence-corrected chi connectivity index (χ4v) is 4.10. The lowest BCUT2D eigenvalue weighted by Crippen LogP contribution is -2.49. The monoisotopic (exact) mass is 481 g/mol. The first-order valence-electron chi connectivity index (χ1n) is 10.1. The summed E-state index contributed by atoms with van der Waals surface area (Å²) in [6.45, 7) is 1.47. The van der Waals surface area contributed by atoms with E-state index in [1.807, 2.05) is 0 Å². The number of H-pyrrole nitrogens is 1. The van der Waals surface area contributed by atoms with Crippen LogP contribution in [0, 0.1) is 0 Å². The number of aryl methyl sites for hydroxylation is 1. The number of aromatic amines is 1. The molecule has 1 fully saturated rings. The van der Waals surface area contributed by atoms with Gasteiger partial charge in [-0.15, -0.1) is 0 Å². The second-order valence-corrected chi connectivity index (χ2v) is 7.98. The molecule has 2 aromatic heterocycles. The van der Waals surface area contributed by atoms with Crippen LogP contribution in [0.4, 0.5) is 19.0 Å². The lowest BCUT2D eigenvalue weighted by molar-refractivity contribution is -0.137. The van der Waals surface area contributed by atoms with Crippen molar-refractivity contribution in [1.82, 2.24) is 19.4 Å². The third-order valence-corrected chi connectivity index (χ3v) is 5.81. The van der Waals surface area contributed by atoms with Gasteiger partial charge in [-0.05, 0) is 18.2 Å². The highest BCUT2D eigenvalue weighted by molar-refractivity contribution is 6.33. The molecule has 0 unspecified atom stereocenters. The molecule has 0 radical (unpaired) electrons. The SMILES string of the molecule is O=C(CCn1c(=O)[nH]c(=O)c2ccccc21)N1CCN(c2ncc(C(F)(F)F)cc2Cl)CC1. The minimum atomic E-state index is -4.53. The minimum Gasteiger partial charge on any atom is -0.352 e. The number of carbonyl (C=O) groups excluding carboxylic acids is 1. The molecule has 3 aromatic rings. The van der Waals surface area contributed by atoms with E-state index in [2.05, 4.69) is 9.97 Å². The number of nitrogens with one attached hydrogen (secondary N) is 1. The number of carbonyl (C=O) groups is 1. The maximum absolute atomic E-state index is 12.8. The van der Waals surface area contributed by atoms with Crippen LogP contribution < -0.4 is 16.1 Å². The van der Waals surface area contributed by atoms with Crippen LogP contribution in [-0.4, -0.2) is 51.5 Å². The molecule has 8 nitrogen and oxygen atoms in total. The summed E-state index contributed by atoms with van der Waals surface area (Å²) in [5.41, 5.74) is -1.54. The van der Waals surface area contributed by atoms with E-state index in [-0.39, 0.29) is 29.7 Å². The van der Waals surface area contributed by atoms with E-state index < -0.39 is 23.0 Å². The second-order valence-electron chi connectivity index (χ2n) is 7.57. The van der Waals surface area contributed by atoms with Gasteiger partial charge in [0.15, 0.2) is 0 Å². The summed E-state index contributed by atoms with van der Waals surface area (Å²) in [5, 5.41) is 0.257. The van der Waals surface area contributed by atoms with Crippen LogP contribution in [0.1, 0.15) is 12.0 Å². The molecule has 1 aromatic carbocycles. The summed E-state index contributed by atoms with van der Waals surface area (Å²) in [6, 6.07) is 7.49. The van der Waals surface area contributed by atoms with Crippen molar-refractivity contribution >= 4 is 34.2 Å². The van der Waals surface area contributed by atoms with Gasteiger partial charge in [0.2, 0.25) is 5.91 Å². The molecule has 1 aliphatic rings. The van der Waals surface area contributed by atoms with Crippen LogP contribution in [0.2, 0.25) is 5.02 Å². The number of anilines is 1. The smallest absolute Gasteiger partial charge is 0.352 e. The fourth-order valence-electron chi connectivity index (χ4n) is 3.82. The first-order chi connectivity index (χ1) is 15.6. The highest BCUT2D eigenvalue weighted by Crippen LogP contribution is 2.33. The van der Waals surface area contributed by atoms with Gasteiger partial charge in [-0.2, -0.15) is 13.2 Å². The fraction of sp³-hybridized carbons (Fsp3) is 0.333. The molecule has 33 heavy (non-hydrogen) atoms. The maximum atomic E-state index is 12.8. The first-order valence-corrected chi connectivity index (χ1v) is 10.5. The van der Waals surface area contributed by atoms with Crippen LogP contribution in [-0.2, 0) is 17.5 Å². The lowest BCUT2D eigenvalue weighted by Gasteiger charge is -2.36. The van der Waals surface area contributed by atoms with E-state index in [1.165, 1.54) is 4.57 Å². The van der Waals surface area contributed by atoms with Crippen molar-refractivity contribution in [3.63, 3.8) is 0 Å². The normalized spacial score (nSPS) is 14.7. The summed E-state index contributed by atoms with van der Waals surface area (Å²) in [6.07, 6.45) is -3.74. The molecule has 174 valence electrons. The molecule has 12 heteroatoms. The third kappa shape index (κ3) is 4.72. The molecule has 1 amide bonds. The van der Waals surface area contributed by atoms with Crippen LogP contribution in [0.3, 0.4) is 0 Å². The lowest BCUT2D eigenvalue weighted by atomic mass is 10.2. The number of piperazine rings is 1. The topological polar surface area (TPSA) is 91.3 Å². The second kappa shape index (κ2) is 8.89. The van der Waals surface area contributed by atoms with E-state index in [0.717, 1.165) is 12.3 Å². The van der Waals surface area contributed by atoms with Gasteiger partial charge in [0.05, 0.1) is 21.5 Å². The number of hydrogen-bond acceptors (Lipinski definition) is 5. The molecule has 3 heterocycles. The van der Waals surface area contributed by atoms with Crippen LogP contribution in [0.25, 0.3) is 10.9 Å². The minimum absolute atomic E-state index is 0.0508. The van der Waals surface area contributed by atoms with Gasteiger partial charge in [0.25, 0.3) is 5.56 Å². The number of halogens is 4. The summed E-state index contributed by atoms with van der Waals surface area (Å²) < 4.78 is 39.8. The Labute approximate surface area is 190 Å². The van der Waals surface area contributed by atoms with Gasteiger partial charge >= 0.3 is 11.9 Å². The van der Waals surface area contributed by atoms with Crippen molar-refractivity contribution in [2.24, 2.45) is 0 Å². The number of fused-ring (bicyclic) bond motifs is 1. The van der Waals surface area contributed by atoms with Crippen molar-refractivity contribution in [3.8, 4) is 0 Å². The highest BCUT2D eigenvalue weighted by atomic mass is 35.5. The summed E-state index contributed by atoms with van der Waals surface area (Å²) in [5.74, 6) is 0.0614. The van der Waals surface area contributed by atoms with Crippen LogP contribution in [0.5, 0.6) is 0 Å². The number of alkyl halides is 3. The molecule has 0 aliphatic carbocycles. The zero-order chi connectivity index (χ0) is 23.8. The third-order valence-electron chi connectivity index (χ3n) is 5.54. The zero-order valence-electron chi connectivity index (χ0n) is 17.2. The van der Waals surface area contributed by atoms with Gasteiger partial charge in [0.1, 0.15) is 5.82 Å². The average Bonchev–Trinajstić information content (AvgIpc) is 2.78. The Morgan fingerprint density at radius 3 is 2.48 bits per heavy atom. The molecular weight excluding hydrogens is 463 g/mol. The average molecular weight is 482 g/mol. The number of hydrogen-bond donors (Lipinski definition) is 1. The van der Waals surface area contributed by atoms with Gasteiger partial charge in [-0.25, -0.2) is 9.78 Å². The molecule has 1 saturated heterocycles. The number of para-hydroxylation sites is 1. The number of pyridine rings is 1. The van der Waals surface area contributed by atoms with Gasteiger partial charge in [-0.3, -0.25) is 19.1 Å². The summed E-state index contributed by atoms with van der Waals surface area (Å²) in [7, 11) is 0. The Bertz CT molecular complexity index is 1310. The van der Waals surface area contributed by atoms with Crippen molar-refractivity contribution in [3.05, 3.63) is 68.0 Å². The number of nitrogens with zero attached hydrogens (tertiary/aromatic N) is 4. The van der Waals surface area contributed by atoms with Crippen LogP contribution >= 0.6 is 11.6 Å². The Morgan fingerprint density at radius 2 is 1.82 bits per heavy atom. The van der Waals surface area contributed by atoms with Gasteiger partial charge in [0, 0.05) is 45.3 Å². The molecule has 1 aliphatic heterocycles. The number of amides is 1. The van der Waals surface area contributed by atoms with Gasteiger partial charge < -0.3 is 9.80 Å². The predicted octanol–water partition coefficient (Wildman–Crippen LogP) is 2.50. The zero-order valence-corrected chi connectivity index (χ0v) is 18.0. The molecular formula is C21H19ClF3N5O3. The Balaban J connectivity index is 1.40. The maximum Gasteiger partial charge on any atom is 0.417 e. The van der Waals surface area contributed by atoms with Crippen molar-refractivity contribution < 1.29 is 18.0 Å². The van der Waals surface area contributed by atoms with Crippen molar-refractivity contribution in [2.75, 3.05) is 31.1 Å². The van der Waals surface area contributed by atoms with Gasteiger partial charge in [-0.1, -0.05) is 23.7 Å². The first kappa shape index (κ1) is 22.8. The van der Waals surface area contributed by atoms with E-state index in [1.54, 1.807) is 34.1 Å².